The van der Waals surface area contributed by atoms with Gasteiger partial charge in [-0.25, -0.2) is 9.59 Å². The van der Waals surface area contributed by atoms with Crippen LogP contribution in [0.2, 0.25) is 5.02 Å². The van der Waals surface area contributed by atoms with Gasteiger partial charge in [0.2, 0.25) is 0 Å². The van der Waals surface area contributed by atoms with Crippen molar-refractivity contribution in [2.24, 2.45) is 17.8 Å². The minimum atomic E-state index is -1.31. The number of aliphatic hydroxyl groups is 1. The van der Waals surface area contributed by atoms with Gasteiger partial charge in [0.15, 0.2) is 0 Å². The van der Waals surface area contributed by atoms with E-state index in [0.29, 0.717) is 61.8 Å². The van der Waals surface area contributed by atoms with Gasteiger partial charge in [0.1, 0.15) is 0 Å². The third-order valence-corrected chi connectivity index (χ3v) is 8.60. The molecular weight excluding hydrogens is 494 g/mol. The van der Waals surface area contributed by atoms with Crippen LogP contribution < -0.4 is 10.6 Å². The number of rotatable bonds is 11. The molecule has 0 bridgehead atoms. The number of ether oxygens (including phenoxy) is 1. The van der Waals surface area contributed by atoms with Crippen molar-refractivity contribution in [3.8, 4) is 0 Å². The number of carbonyl (C=O) groups is 2. The van der Waals surface area contributed by atoms with Crippen molar-refractivity contribution in [1.82, 2.24) is 15.5 Å². The molecule has 208 valence electrons. The van der Waals surface area contributed by atoms with Crippen molar-refractivity contribution < 1.29 is 24.5 Å². The molecule has 0 spiro atoms. The van der Waals surface area contributed by atoms with Gasteiger partial charge in [0.05, 0.1) is 12.7 Å². The number of benzene rings is 1. The highest BCUT2D eigenvalue weighted by molar-refractivity contribution is 6.30. The van der Waals surface area contributed by atoms with Crippen molar-refractivity contribution >= 4 is 23.8 Å². The van der Waals surface area contributed by atoms with E-state index in [4.69, 9.17) is 11.6 Å². The first-order valence-electron chi connectivity index (χ1n) is 13.7. The lowest BCUT2D eigenvalue weighted by atomic mass is 9.65. The van der Waals surface area contributed by atoms with Crippen LogP contribution in [0.5, 0.6) is 0 Å². The Bertz CT molecular complexity index is 881. The van der Waals surface area contributed by atoms with Crippen LogP contribution >= 0.6 is 11.6 Å². The molecule has 1 aromatic rings. The number of hydrogen-bond donors (Lipinski definition) is 4. The zero-order valence-electron chi connectivity index (χ0n) is 22.3. The van der Waals surface area contributed by atoms with E-state index in [0.717, 1.165) is 6.42 Å². The van der Waals surface area contributed by atoms with Crippen LogP contribution in [0, 0.1) is 17.8 Å². The molecule has 2 aliphatic rings. The standard InChI is InChI=1S/C28H44ClN3O5/c1-30-19-21(17-20-9-4-3-5-10-20)25-24(13-7-16-32(25)27(34)35)28(36,14-8-15-31-26(33)37-2)22-11-6-12-23(29)18-22/h6,11-12,18,20-21,24-25,30,36H,3-5,7-10,13-17,19H2,1-2H3,(H,31,33)(H,34,35)/t21?,24?,25?,28-/m1/s1. The van der Waals surface area contributed by atoms with Gasteiger partial charge in [0, 0.05) is 30.1 Å². The molecule has 3 unspecified atom stereocenters. The topological polar surface area (TPSA) is 111 Å². The summed E-state index contributed by atoms with van der Waals surface area (Å²) in [6.07, 6.45) is 7.87. The molecular formula is C28H44ClN3O5. The number of carbonyl (C=O) groups excluding carboxylic acids is 1. The highest BCUT2D eigenvalue weighted by atomic mass is 35.5. The summed E-state index contributed by atoms with van der Waals surface area (Å²) in [5.41, 5.74) is -0.610. The molecule has 2 amide bonds. The number of hydrogen-bond acceptors (Lipinski definition) is 5. The Morgan fingerprint density at radius 3 is 2.62 bits per heavy atom. The molecule has 1 aliphatic heterocycles. The van der Waals surface area contributed by atoms with Gasteiger partial charge in [0.25, 0.3) is 0 Å². The summed E-state index contributed by atoms with van der Waals surface area (Å²) in [7, 11) is 3.23. The monoisotopic (exact) mass is 537 g/mol. The Kier molecular flexibility index (Phi) is 11.3. The first-order chi connectivity index (χ1) is 17.8. The van der Waals surface area contributed by atoms with Crippen molar-refractivity contribution in [2.45, 2.75) is 75.9 Å². The fourth-order valence-electron chi connectivity index (χ4n) is 6.72. The Labute approximate surface area is 226 Å². The molecule has 1 aromatic carbocycles. The van der Waals surface area contributed by atoms with Gasteiger partial charge in [-0.1, -0.05) is 55.8 Å². The maximum absolute atomic E-state index is 12.5. The fourth-order valence-corrected chi connectivity index (χ4v) is 6.92. The predicted molar refractivity (Wildman–Crippen MR) is 145 cm³/mol. The maximum atomic E-state index is 12.5. The summed E-state index contributed by atoms with van der Waals surface area (Å²) in [5, 5.41) is 29.3. The lowest BCUT2D eigenvalue weighted by molar-refractivity contribution is -0.0968. The summed E-state index contributed by atoms with van der Waals surface area (Å²) in [4.78, 5) is 25.7. The van der Waals surface area contributed by atoms with Crippen LogP contribution in [0.3, 0.4) is 0 Å². The van der Waals surface area contributed by atoms with Gasteiger partial charge in [-0.05, 0) is 75.2 Å². The van der Waals surface area contributed by atoms with E-state index in [1.807, 2.05) is 19.2 Å². The molecule has 1 saturated carbocycles. The van der Waals surface area contributed by atoms with E-state index in [9.17, 15) is 19.8 Å². The lowest BCUT2D eigenvalue weighted by Gasteiger charge is -2.51. The number of piperidine rings is 1. The van der Waals surface area contributed by atoms with Gasteiger partial charge >= 0.3 is 12.2 Å². The first-order valence-corrected chi connectivity index (χ1v) is 14.1. The number of alkyl carbamates (subject to hydrolysis) is 1. The van der Waals surface area contributed by atoms with E-state index >= 15 is 0 Å². The van der Waals surface area contributed by atoms with E-state index in [-0.39, 0.29) is 17.9 Å². The summed E-state index contributed by atoms with van der Waals surface area (Å²) in [5.74, 6) is 0.345. The fraction of sp³-hybridized carbons (Fsp3) is 0.714. The van der Waals surface area contributed by atoms with E-state index < -0.39 is 17.8 Å². The molecule has 8 nitrogen and oxygen atoms in total. The maximum Gasteiger partial charge on any atom is 0.407 e. The van der Waals surface area contributed by atoms with Gasteiger partial charge in [-0.15, -0.1) is 0 Å². The number of amides is 2. The summed E-state index contributed by atoms with van der Waals surface area (Å²) in [6, 6.07) is 6.94. The van der Waals surface area contributed by atoms with Crippen LogP contribution in [-0.2, 0) is 10.3 Å². The molecule has 9 heteroatoms. The molecule has 37 heavy (non-hydrogen) atoms. The smallest absolute Gasteiger partial charge is 0.407 e. The molecule has 1 aliphatic carbocycles. The molecule has 4 atom stereocenters. The van der Waals surface area contributed by atoms with Crippen LogP contribution in [0.1, 0.15) is 69.8 Å². The molecule has 4 N–H and O–H groups in total. The van der Waals surface area contributed by atoms with Crippen LogP contribution in [-0.4, -0.2) is 67.1 Å². The average molecular weight is 538 g/mol. The van der Waals surface area contributed by atoms with Gasteiger partial charge in [-0.3, -0.25) is 0 Å². The van der Waals surface area contributed by atoms with Crippen LogP contribution in [0.15, 0.2) is 24.3 Å². The summed E-state index contributed by atoms with van der Waals surface area (Å²) < 4.78 is 4.68. The summed E-state index contributed by atoms with van der Waals surface area (Å²) in [6.45, 7) is 1.51. The average Bonchev–Trinajstić information content (AvgIpc) is 2.90. The second kappa shape index (κ2) is 14.2. The van der Waals surface area contributed by atoms with Gasteiger partial charge < -0.3 is 30.5 Å². The van der Waals surface area contributed by atoms with Gasteiger partial charge in [-0.2, -0.15) is 0 Å². The summed E-state index contributed by atoms with van der Waals surface area (Å²) >= 11 is 6.37. The van der Waals surface area contributed by atoms with Crippen LogP contribution in [0.4, 0.5) is 9.59 Å². The number of nitrogens with one attached hydrogen (secondary N) is 2. The Morgan fingerprint density at radius 1 is 1.22 bits per heavy atom. The minimum Gasteiger partial charge on any atom is -0.465 e. The second-order valence-corrected chi connectivity index (χ2v) is 11.2. The normalized spacial score (nSPS) is 23.2. The second-order valence-electron chi connectivity index (χ2n) is 10.7. The molecule has 0 aromatic heterocycles. The molecule has 2 fully saturated rings. The third-order valence-electron chi connectivity index (χ3n) is 8.37. The Morgan fingerprint density at radius 2 is 1.97 bits per heavy atom. The number of halogens is 1. The quantitative estimate of drug-likeness (QED) is 0.288. The predicted octanol–water partition coefficient (Wildman–Crippen LogP) is 5.23. The van der Waals surface area contributed by atoms with Crippen molar-refractivity contribution in [3.05, 3.63) is 34.9 Å². The number of nitrogens with zero attached hydrogens (tertiary/aromatic N) is 1. The van der Waals surface area contributed by atoms with E-state index in [1.54, 1.807) is 17.0 Å². The SMILES string of the molecule is CNCC(CC1CCCCC1)C1C([C@@](O)(CCCNC(=O)OC)c2cccc(Cl)c2)CCCN1C(=O)O. The molecule has 1 heterocycles. The molecule has 1 saturated heterocycles. The number of methoxy groups -OCH3 is 1. The third kappa shape index (κ3) is 7.74. The highest BCUT2D eigenvalue weighted by Crippen LogP contribution is 2.46. The van der Waals surface area contributed by atoms with Crippen molar-refractivity contribution in [2.75, 3.05) is 33.8 Å². The number of carboxylic acid groups (broad SMARTS) is 1. The van der Waals surface area contributed by atoms with E-state index in [1.165, 1.54) is 39.2 Å². The highest BCUT2D eigenvalue weighted by Gasteiger charge is 2.50. The number of likely N-dealkylation sites (tertiary alicyclic amines) is 1. The van der Waals surface area contributed by atoms with E-state index in [2.05, 4.69) is 15.4 Å². The zero-order chi connectivity index (χ0) is 26.8. The minimum absolute atomic E-state index is 0.0772. The van der Waals surface area contributed by atoms with Crippen molar-refractivity contribution in [3.63, 3.8) is 0 Å². The largest absolute Gasteiger partial charge is 0.465 e. The molecule has 3 rings (SSSR count). The Balaban J connectivity index is 1.98. The lowest BCUT2D eigenvalue weighted by Crippen LogP contribution is -2.59. The first kappa shape index (κ1) is 29.5. The van der Waals surface area contributed by atoms with Crippen molar-refractivity contribution in [1.29, 1.82) is 0 Å². The zero-order valence-corrected chi connectivity index (χ0v) is 23.0. The Hall–Kier alpha value is -2.03. The molecule has 0 radical (unpaired) electrons. The van der Waals surface area contributed by atoms with Crippen LogP contribution in [0.25, 0.3) is 0 Å².